The van der Waals surface area contributed by atoms with Gasteiger partial charge in [0.1, 0.15) is 0 Å². The molecule has 0 atom stereocenters. The Morgan fingerprint density at radius 2 is 1.81 bits per heavy atom. The fraction of sp³-hybridized carbons (Fsp3) is 0.556. The van der Waals surface area contributed by atoms with Gasteiger partial charge >= 0.3 is 0 Å². The van der Waals surface area contributed by atoms with Gasteiger partial charge in [-0.1, -0.05) is 31.0 Å². The SMILES string of the molecule is CN(C(=O)CSCC(=O)Nc1ccc(SC(F)F)cc1)C1CCCCC1. The average molecular weight is 403 g/mol. The number of nitrogens with one attached hydrogen (secondary N) is 1. The number of hydrogen-bond donors (Lipinski definition) is 1. The number of rotatable bonds is 8. The first kappa shape index (κ1) is 21.0. The van der Waals surface area contributed by atoms with E-state index in [-0.39, 0.29) is 23.3 Å². The monoisotopic (exact) mass is 402 g/mol. The molecule has 1 aromatic rings. The van der Waals surface area contributed by atoms with Gasteiger partial charge in [-0.05, 0) is 37.1 Å². The Morgan fingerprint density at radius 1 is 1.15 bits per heavy atom. The van der Waals surface area contributed by atoms with Crippen molar-refractivity contribution in [3.8, 4) is 0 Å². The van der Waals surface area contributed by atoms with Crippen LogP contribution in [0.1, 0.15) is 32.1 Å². The summed E-state index contributed by atoms with van der Waals surface area (Å²) in [5.74, 6) is -2.15. The van der Waals surface area contributed by atoms with Crippen molar-refractivity contribution in [3.05, 3.63) is 24.3 Å². The molecule has 1 saturated carbocycles. The third-order valence-corrected chi connectivity index (χ3v) is 5.98. The number of anilines is 1. The van der Waals surface area contributed by atoms with E-state index in [1.54, 1.807) is 24.3 Å². The number of thioether (sulfide) groups is 2. The highest BCUT2D eigenvalue weighted by Gasteiger charge is 2.21. The molecule has 0 heterocycles. The maximum absolute atomic E-state index is 12.3. The molecule has 2 rings (SSSR count). The fourth-order valence-electron chi connectivity index (χ4n) is 2.92. The van der Waals surface area contributed by atoms with Gasteiger partial charge in [-0.3, -0.25) is 9.59 Å². The van der Waals surface area contributed by atoms with E-state index >= 15 is 0 Å². The topological polar surface area (TPSA) is 49.4 Å². The highest BCUT2D eigenvalue weighted by atomic mass is 32.2. The molecular formula is C18H24F2N2O2S2. The predicted molar refractivity (Wildman–Crippen MR) is 104 cm³/mol. The summed E-state index contributed by atoms with van der Waals surface area (Å²) in [5.41, 5.74) is 0.555. The minimum Gasteiger partial charge on any atom is -0.342 e. The van der Waals surface area contributed by atoms with Crippen molar-refractivity contribution in [3.63, 3.8) is 0 Å². The molecule has 8 heteroatoms. The highest BCUT2D eigenvalue weighted by Crippen LogP contribution is 2.26. The first-order valence-electron chi connectivity index (χ1n) is 8.64. The Morgan fingerprint density at radius 3 is 2.42 bits per heavy atom. The zero-order chi connectivity index (χ0) is 18.9. The molecule has 1 N–H and O–H groups in total. The molecular weight excluding hydrogens is 378 g/mol. The molecule has 1 aliphatic rings. The molecule has 4 nitrogen and oxygen atoms in total. The third kappa shape index (κ3) is 7.15. The lowest BCUT2D eigenvalue weighted by Gasteiger charge is -2.31. The Kier molecular flexibility index (Phi) is 8.71. The van der Waals surface area contributed by atoms with Gasteiger partial charge in [0.15, 0.2) is 0 Å². The van der Waals surface area contributed by atoms with Crippen molar-refractivity contribution in [2.45, 2.75) is 48.8 Å². The van der Waals surface area contributed by atoms with E-state index in [9.17, 15) is 18.4 Å². The normalized spacial score (nSPS) is 15.1. The number of alkyl halides is 2. The summed E-state index contributed by atoms with van der Waals surface area (Å²) < 4.78 is 24.5. The van der Waals surface area contributed by atoms with Crippen LogP contribution in [-0.2, 0) is 9.59 Å². The molecule has 1 fully saturated rings. The molecule has 0 bridgehead atoms. The molecule has 0 spiro atoms. The largest absolute Gasteiger partial charge is 0.342 e. The summed E-state index contributed by atoms with van der Waals surface area (Å²) in [6, 6.07) is 6.60. The number of carbonyl (C=O) groups is 2. The molecule has 26 heavy (non-hydrogen) atoms. The van der Waals surface area contributed by atoms with E-state index in [1.165, 1.54) is 31.0 Å². The van der Waals surface area contributed by atoms with Crippen LogP contribution in [0.5, 0.6) is 0 Å². The number of nitrogens with zero attached hydrogens (tertiary/aromatic N) is 1. The molecule has 0 radical (unpaired) electrons. The lowest BCUT2D eigenvalue weighted by Crippen LogP contribution is -2.39. The standard InChI is InChI=1S/C18H24F2N2O2S2/c1-22(14-5-3-2-4-6-14)17(24)12-25-11-16(23)21-13-7-9-15(10-8-13)26-18(19)20/h7-10,14,18H,2-6,11-12H2,1H3,(H,21,23). The van der Waals surface area contributed by atoms with Gasteiger partial charge in [0, 0.05) is 23.7 Å². The quantitative estimate of drug-likeness (QED) is 0.652. The smallest absolute Gasteiger partial charge is 0.288 e. The predicted octanol–water partition coefficient (Wildman–Crippen LogP) is 4.46. The Hall–Kier alpha value is -1.28. The Balaban J connectivity index is 1.68. The van der Waals surface area contributed by atoms with Gasteiger partial charge in [0.25, 0.3) is 5.76 Å². The van der Waals surface area contributed by atoms with Crippen LogP contribution in [0.15, 0.2) is 29.2 Å². The lowest BCUT2D eigenvalue weighted by molar-refractivity contribution is -0.129. The minimum absolute atomic E-state index is 0.0584. The molecule has 0 saturated heterocycles. The maximum atomic E-state index is 12.3. The van der Waals surface area contributed by atoms with Crippen molar-refractivity contribution < 1.29 is 18.4 Å². The second kappa shape index (κ2) is 10.8. The molecule has 1 aliphatic carbocycles. The van der Waals surface area contributed by atoms with Crippen LogP contribution in [0.4, 0.5) is 14.5 Å². The van der Waals surface area contributed by atoms with Gasteiger partial charge < -0.3 is 10.2 Å². The zero-order valence-corrected chi connectivity index (χ0v) is 16.4. The van der Waals surface area contributed by atoms with Crippen LogP contribution in [0.2, 0.25) is 0 Å². The van der Waals surface area contributed by atoms with Crippen molar-refractivity contribution in [1.82, 2.24) is 4.90 Å². The van der Waals surface area contributed by atoms with E-state index in [2.05, 4.69) is 5.32 Å². The summed E-state index contributed by atoms with van der Waals surface area (Å²) in [7, 11) is 1.85. The van der Waals surface area contributed by atoms with Gasteiger partial charge in [-0.15, -0.1) is 11.8 Å². The van der Waals surface area contributed by atoms with E-state index < -0.39 is 5.76 Å². The number of halogens is 2. The van der Waals surface area contributed by atoms with Crippen molar-refractivity contribution >= 4 is 41.0 Å². The summed E-state index contributed by atoms with van der Waals surface area (Å²) in [5, 5.41) is 2.71. The lowest BCUT2D eigenvalue weighted by atomic mass is 9.94. The van der Waals surface area contributed by atoms with Crippen molar-refractivity contribution in [2.24, 2.45) is 0 Å². The van der Waals surface area contributed by atoms with Gasteiger partial charge in [0.2, 0.25) is 11.8 Å². The van der Waals surface area contributed by atoms with E-state index in [1.807, 2.05) is 11.9 Å². The molecule has 0 aliphatic heterocycles. The number of amides is 2. The van der Waals surface area contributed by atoms with Crippen LogP contribution >= 0.6 is 23.5 Å². The number of hydrogen-bond acceptors (Lipinski definition) is 4. The summed E-state index contributed by atoms with van der Waals surface area (Å²) >= 11 is 1.75. The summed E-state index contributed by atoms with van der Waals surface area (Å²) in [6.45, 7) is 0. The molecule has 0 unspecified atom stereocenters. The third-order valence-electron chi connectivity index (χ3n) is 4.34. The summed E-state index contributed by atoms with van der Waals surface area (Å²) in [6.07, 6.45) is 5.72. The van der Waals surface area contributed by atoms with Crippen LogP contribution in [0.25, 0.3) is 0 Å². The minimum atomic E-state index is -2.46. The number of carbonyl (C=O) groups excluding carboxylic acids is 2. The van der Waals surface area contributed by atoms with Crippen LogP contribution in [0, 0.1) is 0 Å². The molecule has 1 aromatic carbocycles. The Labute approximate surface area is 161 Å². The van der Waals surface area contributed by atoms with E-state index in [0.29, 0.717) is 28.4 Å². The highest BCUT2D eigenvalue weighted by molar-refractivity contribution is 8.00. The second-order valence-corrected chi connectivity index (χ2v) is 8.29. The summed E-state index contributed by atoms with van der Waals surface area (Å²) in [4.78, 5) is 26.4. The number of benzene rings is 1. The molecule has 0 aromatic heterocycles. The van der Waals surface area contributed by atoms with Gasteiger partial charge in [-0.25, -0.2) is 0 Å². The molecule has 144 valence electrons. The van der Waals surface area contributed by atoms with Crippen LogP contribution in [0.3, 0.4) is 0 Å². The van der Waals surface area contributed by atoms with Gasteiger partial charge in [-0.2, -0.15) is 8.78 Å². The van der Waals surface area contributed by atoms with Crippen molar-refractivity contribution in [2.75, 3.05) is 23.9 Å². The first-order valence-corrected chi connectivity index (χ1v) is 10.7. The zero-order valence-electron chi connectivity index (χ0n) is 14.7. The fourth-order valence-corrected chi connectivity index (χ4v) is 4.16. The average Bonchev–Trinajstić information content (AvgIpc) is 2.63. The second-order valence-electron chi connectivity index (χ2n) is 6.24. The first-order chi connectivity index (χ1) is 12.5. The van der Waals surface area contributed by atoms with Crippen LogP contribution in [-0.4, -0.2) is 47.1 Å². The van der Waals surface area contributed by atoms with Crippen molar-refractivity contribution in [1.29, 1.82) is 0 Å². The van der Waals surface area contributed by atoms with E-state index in [4.69, 9.17) is 0 Å². The van der Waals surface area contributed by atoms with E-state index in [0.717, 1.165) is 12.8 Å². The van der Waals surface area contributed by atoms with Crippen LogP contribution < -0.4 is 5.32 Å². The van der Waals surface area contributed by atoms with Gasteiger partial charge in [0.05, 0.1) is 11.5 Å². The maximum Gasteiger partial charge on any atom is 0.288 e. The Bertz CT molecular complexity index is 593. The molecule has 2 amide bonds.